The molecule has 9 rings (SSSR count). The zero-order chi connectivity index (χ0) is 39.8. The molecule has 3 aliphatic rings. The molecule has 1 unspecified atom stereocenters. The van der Waals surface area contributed by atoms with Crippen LogP contribution >= 0.6 is 0 Å². The molecule has 1 atom stereocenters. The molecule has 4 aromatic heterocycles. The number of rotatable bonds is 10. The highest BCUT2D eigenvalue weighted by Crippen LogP contribution is 2.33. The Hall–Kier alpha value is -7.11. The number of aromatic amines is 1. The average Bonchev–Trinajstić information content (AvgIpc) is 3.76. The van der Waals surface area contributed by atoms with Crippen molar-refractivity contribution in [2.75, 3.05) is 25.2 Å². The second-order valence-corrected chi connectivity index (χ2v) is 14.5. The van der Waals surface area contributed by atoms with Crippen LogP contribution < -0.4 is 19.7 Å². The molecule has 1 aliphatic carbocycles. The third-order valence-corrected chi connectivity index (χ3v) is 10.7. The Morgan fingerprint density at radius 2 is 1.76 bits per heavy atom. The van der Waals surface area contributed by atoms with Crippen molar-refractivity contribution in [2.45, 2.75) is 50.5 Å². The maximum Gasteiger partial charge on any atom is 0.255 e. The van der Waals surface area contributed by atoms with E-state index in [2.05, 4.69) is 55.3 Å². The number of fused-ring (bicyclic) bond motifs is 4. The van der Waals surface area contributed by atoms with Crippen molar-refractivity contribution in [3.05, 3.63) is 108 Å². The summed E-state index contributed by atoms with van der Waals surface area (Å²) < 4.78 is 17.7. The Labute approximate surface area is 332 Å². The van der Waals surface area contributed by atoms with Crippen molar-refractivity contribution in [3.8, 4) is 34.6 Å². The smallest absolute Gasteiger partial charge is 0.255 e. The van der Waals surface area contributed by atoms with Gasteiger partial charge in [-0.1, -0.05) is 18.1 Å². The Balaban J connectivity index is 0.694. The van der Waals surface area contributed by atoms with E-state index in [-0.39, 0.29) is 62.5 Å². The molecule has 6 heterocycles. The number of hydrogen-bond acceptors (Lipinski definition) is 10. The van der Waals surface area contributed by atoms with Crippen molar-refractivity contribution in [1.29, 1.82) is 0 Å². The quantitative estimate of drug-likeness (QED) is 0.110. The highest BCUT2D eigenvalue weighted by Gasteiger charge is 2.39. The number of H-pyrrole nitrogens is 1. The largest absolute Gasteiger partial charge is 0.489 e. The van der Waals surface area contributed by atoms with Gasteiger partial charge in [-0.15, -0.1) is 0 Å². The van der Waals surface area contributed by atoms with Gasteiger partial charge in [0.25, 0.3) is 11.8 Å². The average molecular weight is 776 g/mol. The number of amides is 4. The molecule has 0 radical (unpaired) electrons. The van der Waals surface area contributed by atoms with E-state index in [1.165, 1.54) is 9.80 Å². The van der Waals surface area contributed by atoms with Gasteiger partial charge < -0.3 is 29.0 Å². The fourth-order valence-electron chi connectivity index (χ4n) is 7.47. The number of nitrogens with one attached hydrogen (secondary N) is 2. The second-order valence-electron chi connectivity index (χ2n) is 14.5. The van der Waals surface area contributed by atoms with Crippen LogP contribution in [0, 0.1) is 11.8 Å². The van der Waals surface area contributed by atoms with Crippen LogP contribution in [-0.2, 0) is 25.7 Å². The van der Waals surface area contributed by atoms with E-state index in [1.807, 2.05) is 36.7 Å². The van der Waals surface area contributed by atoms with E-state index >= 15 is 0 Å². The lowest BCUT2D eigenvalue weighted by atomic mass is 9.92. The minimum Gasteiger partial charge on any atom is -0.489 e. The van der Waals surface area contributed by atoms with E-state index in [1.54, 1.807) is 43.7 Å². The first kappa shape index (κ1) is 36.5. The van der Waals surface area contributed by atoms with Crippen LogP contribution in [0.5, 0.6) is 11.6 Å². The summed E-state index contributed by atoms with van der Waals surface area (Å²) in [5.41, 5.74) is 6.50. The number of ether oxygens (including phenoxy) is 3. The number of hydrogen-bond donors (Lipinski definition) is 2. The van der Waals surface area contributed by atoms with Gasteiger partial charge in [0.2, 0.25) is 17.7 Å². The molecule has 2 aromatic carbocycles. The number of likely N-dealkylation sites (N-methyl/N-ethyl adjacent to an activating group) is 1. The molecule has 1 saturated heterocycles. The van der Waals surface area contributed by atoms with Gasteiger partial charge in [-0.25, -0.2) is 9.97 Å². The predicted octanol–water partition coefficient (Wildman–Crippen LogP) is 4.95. The number of aromatic nitrogens is 4. The summed E-state index contributed by atoms with van der Waals surface area (Å²) in [6.07, 6.45) is 9.09. The number of imide groups is 1. The van der Waals surface area contributed by atoms with Gasteiger partial charge in [0.15, 0.2) is 0 Å². The minimum atomic E-state index is -0.702. The van der Waals surface area contributed by atoms with E-state index in [0.29, 0.717) is 34.1 Å². The van der Waals surface area contributed by atoms with E-state index in [0.717, 1.165) is 45.8 Å². The van der Waals surface area contributed by atoms with Crippen LogP contribution in [0.1, 0.15) is 47.3 Å². The summed E-state index contributed by atoms with van der Waals surface area (Å²) in [5.74, 6) is 5.67. The van der Waals surface area contributed by atoms with Gasteiger partial charge in [-0.3, -0.25) is 29.5 Å². The molecular weight excluding hydrogens is 739 g/mol. The van der Waals surface area contributed by atoms with Gasteiger partial charge in [0, 0.05) is 96.1 Å². The molecule has 58 heavy (non-hydrogen) atoms. The van der Waals surface area contributed by atoms with Gasteiger partial charge in [-0.05, 0) is 72.0 Å². The van der Waals surface area contributed by atoms with Gasteiger partial charge in [0.1, 0.15) is 42.9 Å². The molecule has 290 valence electrons. The van der Waals surface area contributed by atoms with Crippen LogP contribution in [0.15, 0.2) is 91.5 Å². The monoisotopic (exact) mass is 775 g/mol. The van der Waals surface area contributed by atoms with E-state index in [4.69, 9.17) is 14.2 Å². The highest BCUT2D eigenvalue weighted by molar-refractivity contribution is 6.08. The molecule has 14 heteroatoms. The Bertz CT molecular complexity index is 2640. The molecule has 4 amide bonds. The number of anilines is 1. The van der Waals surface area contributed by atoms with Gasteiger partial charge in [-0.2, -0.15) is 0 Å². The summed E-state index contributed by atoms with van der Waals surface area (Å²) in [5, 5.41) is 4.54. The maximum absolute atomic E-state index is 13.0. The lowest BCUT2D eigenvalue weighted by Crippen LogP contribution is -2.52. The van der Waals surface area contributed by atoms with Crippen LogP contribution in [0.4, 0.5) is 5.69 Å². The predicted molar refractivity (Wildman–Crippen MR) is 213 cm³/mol. The number of benzene rings is 2. The number of nitrogens with zero attached hydrogens (tertiary/aromatic N) is 5. The van der Waals surface area contributed by atoms with Crippen LogP contribution in [0.3, 0.4) is 0 Å². The highest BCUT2D eigenvalue weighted by atomic mass is 16.5. The summed E-state index contributed by atoms with van der Waals surface area (Å²) in [7, 11) is 1.63. The van der Waals surface area contributed by atoms with Crippen LogP contribution in [0.25, 0.3) is 32.9 Å². The third kappa shape index (κ3) is 7.42. The molecule has 2 aliphatic heterocycles. The molecule has 1 saturated carbocycles. The normalized spacial score (nSPS) is 18.6. The third-order valence-electron chi connectivity index (χ3n) is 10.7. The summed E-state index contributed by atoms with van der Waals surface area (Å²) in [6, 6.07) is 20.2. The Morgan fingerprint density at radius 3 is 2.57 bits per heavy atom. The Kier molecular flexibility index (Phi) is 9.72. The van der Waals surface area contributed by atoms with Crippen molar-refractivity contribution in [3.63, 3.8) is 0 Å². The zero-order valence-electron chi connectivity index (χ0n) is 31.4. The van der Waals surface area contributed by atoms with Crippen molar-refractivity contribution in [2.24, 2.45) is 0 Å². The first-order chi connectivity index (χ1) is 28.3. The number of pyridine rings is 3. The molecule has 0 spiro atoms. The van der Waals surface area contributed by atoms with Crippen molar-refractivity contribution in [1.82, 2.24) is 30.2 Å². The van der Waals surface area contributed by atoms with E-state index in [9.17, 15) is 19.2 Å². The SMILES string of the molecule is CN(C(=O)COCC#Cc1ccc(OC2CC(Oc3ccc(-c4ccc5c(c4)[nH]c4ccncc45)cn3)C2)cn1)c1ccc2c(c1)CN(C1CCC(=O)NC1=O)C2=O. The van der Waals surface area contributed by atoms with Gasteiger partial charge >= 0.3 is 0 Å². The Morgan fingerprint density at radius 1 is 0.897 bits per heavy atom. The van der Waals surface area contributed by atoms with Crippen LogP contribution in [0.2, 0.25) is 0 Å². The van der Waals surface area contributed by atoms with Crippen molar-refractivity contribution < 1.29 is 33.4 Å². The number of carbonyl (C=O) groups excluding carboxylic acids is 4. The minimum absolute atomic E-state index is 0.0112. The molecule has 14 nitrogen and oxygen atoms in total. The zero-order valence-corrected chi connectivity index (χ0v) is 31.4. The molecule has 2 fully saturated rings. The second kappa shape index (κ2) is 15.4. The molecule has 0 bridgehead atoms. The number of carbonyl (C=O) groups is 4. The van der Waals surface area contributed by atoms with Crippen molar-refractivity contribution >= 4 is 51.1 Å². The lowest BCUT2D eigenvalue weighted by molar-refractivity contribution is -0.137. The first-order valence-corrected chi connectivity index (χ1v) is 19.0. The molecule has 6 aromatic rings. The standard InChI is InChI=1S/C44H37N7O7/c1-50(30-7-10-34-28(17-30)24-51(44(34)55)39-11-12-40(52)49-43(39)54)42(53)25-56-16-2-3-29-6-8-31(22-46-29)57-32-19-33(20-32)58-41-13-5-27(21-47-41)26-4-9-35-36-23-45-15-14-37(36)48-38(35)18-26/h4-10,13-15,17-18,21-23,32-33,39,48H,11-12,16,19-20,24-25H2,1H3,(H,49,52,54). The first-order valence-electron chi connectivity index (χ1n) is 19.0. The number of piperidine rings is 1. The molecule has 2 N–H and O–H groups in total. The van der Waals surface area contributed by atoms with Gasteiger partial charge in [0.05, 0.1) is 6.20 Å². The molecular formula is C44H37N7O7. The maximum atomic E-state index is 13.0. The van der Waals surface area contributed by atoms with Crippen LogP contribution in [-0.4, -0.2) is 87.0 Å². The lowest BCUT2D eigenvalue weighted by Gasteiger charge is -2.34. The fourth-order valence-corrected chi connectivity index (χ4v) is 7.47. The summed E-state index contributed by atoms with van der Waals surface area (Å²) >= 11 is 0. The topological polar surface area (TPSA) is 169 Å². The summed E-state index contributed by atoms with van der Waals surface area (Å²) in [4.78, 5) is 69.3. The fraction of sp³-hybridized carbons (Fsp3) is 0.250. The van der Waals surface area contributed by atoms with E-state index < -0.39 is 11.9 Å². The summed E-state index contributed by atoms with van der Waals surface area (Å²) in [6.45, 7) is 0.0523.